The fourth-order valence-electron chi connectivity index (χ4n) is 7.74. The van der Waals surface area contributed by atoms with Crippen molar-refractivity contribution >= 4 is 66.2 Å². The molecule has 0 heterocycles. The number of fused-ring (bicyclic) bond motifs is 7. The second-order valence-corrected chi connectivity index (χ2v) is 13.5. The number of hydrogen-bond acceptors (Lipinski definition) is 1. The van der Waals surface area contributed by atoms with Crippen molar-refractivity contribution in [1.82, 2.24) is 0 Å². The average Bonchev–Trinajstić information content (AvgIpc) is 3.30. The number of allylic oxidation sites excluding steroid dienone is 1. The van der Waals surface area contributed by atoms with E-state index in [2.05, 4.69) is 183 Å². The number of hydrogen-bond donors (Lipinski definition) is 0. The molecule has 8 aromatic carbocycles. The van der Waals surface area contributed by atoms with Gasteiger partial charge in [-0.25, -0.2) is 0 Å². The maximum atomic E-state index is 2.45. The summed E-state index contributed by atoms with van der Waals surface area (Å²) < 4.78 is 0. The van der Waals surface area contributed by atoms with Crippen LogP contribution in [0.2, 0.25) is 0 Å². The van der Waals surface area contributed by atoms with Crippen LogP contribution in [0, 0.1) is 0 Å². The molecule has 0 N–H and O–H groups in total. The van der Waals surface area contributed by atoms with E-state index in [1.807, 2.05) is 0 Å². The predicted octanol–water partition coefficient (Wildman–Crippen LogP) is 13.1. The van der Waals surface area contributed by atoms with Gasteiger partial charge < -0.3 is 4.90 Å². The Balaban J connectivity index is 1.21. The van der Waals surface area contributed by atoms with Gasteiger partial charge in [0.15, 0.2) is 0 Å². The highest BCUT2D eigenvalue weighted by atomic mass is 15.1. The average molecular weight is 602 g/mol. The van der Waals surface area contributed by atoms with E-state index in [1.54, 1.807) is 0 Å². The van der Waals surface area contributed by atoms with Gasteiger partial charge >= 0.3 is 0 Å². The number of anilines is 3. The van der Waals surface area contributed by atoms with Crippen molar-refractivity contribution in [2.24, 2.45) is 0 Å². The summed E-state index contributed by atoms with van der Waals surface area (Å²) in [6, 6.07) is 54.2. The second kappa shape index (κ2) is 10.4. The minimum absolute atomic E-state index is 0.101. The van der Waals surface area contributed by atoms with Crippen LogP contribution < -0.4 is 4.90 Å². The van der Waals surface area contributed by atoms with Crippen LogP contribution >= 0.6 is 0 Å². The zero-order chi connectivity index (χ0) is 31.7. The van der Waals surface area contributed by atoms with Crippen molar-refractivity contribution < 1.29 is 0 Å². The summed E-state index contributed by atoms with van der Waals surface area (Å²) in [5.41, 5.74) is 10.1. The number of benzene rings is 8. The van der Waals surface area contributed by atoms with Gasteiger partial charge in [0.2, 0.25) is 0 Å². The van der Waals surface area contributed by atoms with Gasteiger partial charge in [-0.05, 0) is 145 Å². The Morgan fingerprint density at radius 2 is 0.851 bits per heavy atom. The first kappa shape index (κ1) is 27.6. The summed E-state index contributed by atoms with van der Waals surface area (Å²) in [6.07, 6.45) is 4.28. The Morgan fingerprint density at radius 3 is 1.38 bits per heavy atom. The lowest BCUT2D eigenvalue weighted by molar-refractivity contribution is 0.662. The lowest BCUT2D eigenvalue weighted by Gasteiger charge is -2.27. The van der Waals surface area contributed by atoms with Crippen LogP contribution in [-0.2, 0) is 5.41 Å². The molecule has 0 radical (unpaired) electrons. The van der Waals surface area contributed by atoms with Crippen molar-refractivity contribution in [3.05, 3.63) is 168 Å². The summed E-state index contributed by atoms with van der Waals surface area (Å²) in [5.74, 6) is 0. The molecule has 0 aromatic heterocycles. The van der Waals surface area contributed by atoms with Crippen LogP contribution in [-0.4, -0.2) is 0 Å². The molecule has 224 valence electrons. The minimum Gasteiger partial charge on any atom is -0.310 e. The van der Waals surface area contributed by atoms with Gasteiger partial charge in [-0.15, -0.1) is 0 Å². The molecule has 0 atom stereocenters. The molecule has 0 unspecified atom stereocenters. The van der Waals surface area contributed by atoms with E-state index in [0.717, 1.165) is 17.1 Å². The SMILES string of the molecule is CC=Cc1ccc2cc3c(cc2c1)C(C)(C)c1cc2cc(N(c4ccc5ccccc5c4)c4ccc5ccccc5c4)ccc2cc1-3. The lowest BCUT2D eigenvalue weighted by atomic mass is 9.81. The third-order valence-corrected chi connectivity index (χ3v) is 10.2. The molecule has 0 spiro atoms. The van der Waals surface area contributed by atoms with Crippen LogP contribution in [0.3, 0.4) is 0 Å². The predicted molar refractivity (Wildman–Crippen MR) is 203 cm³/mol. The van der Waals surface area contributed by atoms with E-state index in [-0.39, 0.29) is 5.41 Å². The molecule has 1 heteroatoms. The van der Waals surface area contributed by atoms with E-state index in [9.17, 15) is 0 Å². The molecule has 1 aliphatic rings. The summed E-state index contributed by atoms with van der Waals surface area (Å²) in [5, 5.41) is 10.1. The third kappa shape index (κ3) is 4.46. The summed E-state index contributed by atoms with van der Waals surface area (Å²) >= 11 is 0. The fraction of sp³-hybridized carbons (Fsp3) is 0.0870. The van der Waals surface area contributed by atoms with Gasteiger partial charge in [0.25, 0.3) is 0 Å². The molecule has 47 heavy (non-hydrogen) atoms. The topological polar surface area (TPSA) is 3.24 Å². The van der Waals surface area contributed by atoms with Gasteiger partial charge in [0.1, 0.15) is 0 Å². The minimum atomic E-state index is -0.101. The quantitative estimate of drug-likeness (QED) is 0.194. The monoisotopic (exact) mass is 601 g/mol. The van der Waals surface area contributed by atoms with Crippen LogP contribution in [0.15, 0.2) is 152 Å². The largest absolute Gasteiger partial charge is 0.310 e. The molecular weight excluding hydrogens is 567 g/mol. The lowest BCUT2D eigenvalue weighted by Crippen LogP contribution is -2.15. The molecule has 1 aliphatic carbocycles. The van der Waals surface area contributed by atoms with Gasteiger partial charge in [-0.2, -0.15) is 0 Å². The molecule has 0 amide bonds. The van der Waals surface area contributed by atoms with Crippen LogP contribution in [0.25, 0.3) is 60.3 Å². The van der Waals surface area contributed by atoms with E-state index in [1.165, 1.54) is 70.9 Å². The highest BCUT2D eigenvalue weighted by molar-refractivity contribution is 6.00. The number of rotatable bonds is 4. The van der Waals surface area contributed by atoms with Crippen LogP contribution in [0.1, 0.15) is 37.5 Å². The van der Waals surface area contributed by atoms with Crippen molar-refractivity contribution in [2.75, 3.05) is 4.90 Å². The van der Waals surface area contributed by atoms with Crippen molar-refractivity contribution in [3.8, 4) is 11.1 Å². The first-order chi connectivity index (χ1) is 23.0. The summed E-state index contributed by atoms with van der Waals surface area (Å²) in [6.45, 7) is 6.84. The molecule has 9 rings (SSSR count). The highest BCUT2D eigenvalue weighted by Crippen LogP contribution is 2.51. The zero-order valence-electron chi connectivity index (χ0n) is 27.0. The van der Waals surface area contributed by atoms with E-state index < -0.39 is 0 Å². The third-order valence-electron chi connectivity index (χ3n) is 10.2. The van der Waals surface area contributed by atoms with Gasteiger partial charge in [-0.3, -0.25) is 0 Å². The van der Waals surface area contributed by atoms with E-state index in [0.29, 0.717) is 0 Å². The molecular formula is C46H35N. The van der Waals surface area contributed by atoms with Gasteiger partial charge in [0.05, 0.1) is 0 Å². The van der Waals surface area contributed by atoms with E-state index >= 15 is 0 Å². The van der Waals surface area contributed by atoms with Crippen LogP contribution in [0.5, 0.6) is 0 Å². The van der Waals surface area contributed by atoms with Crippen LogP contribution in [0.4, 0.5) is 17.1 Å². The summed E-state index contributed by atoms with van der Waals surface area (Å²) in [7, 11) is 0. The first-order valence-electron chi connectivity index (χ1n) is 16.5. The molecule has 0 saturated carbocycles. The molecule has 0 bridgehead atoms. The molecule has 1 nitrogen and oxygen atoms in total. The van der Waals surface area contributed by atoms with E-state index in [4.69, 9.17) is 0 Å². The Morgan fingerprint density at radius 1 is 0.426 bits per heavy atom. The van der Waals surface area contributed by atoms with Gasteiger partial charge in [0, 0.05) is 22.5 Å². The standard InChI is InChI=1S/C46H35N/c1-4-9-30-14-15-35-26-42-43-27-36-18-21-41(25-38(36)29-45(43)46(2,3)44(42)28-37(35)22-30)47(39-19-16-31-10-5-7-12-33(31)23-39)40-20-17-32-11-6-8-13-34(32)24-40/h4-29H,1-3H3. The highest BCUT2D eigenvalue weighted by Gasteiger charge is 2.36. The zero-order valence-corrected chi connectivity index (χ0v) is 27.0. The maximum Gasteiger partial charge on any atom is 0.0468 e. The smallest absolute Gasteiger partial charge is 0.0468 e. The Labute approximate surface area is 276 Å². The summed E-state index contributed by atoms with van der Waals surface area (Å²) in [4.78, 5) is 2.40. The van der Waals surface area contributed by atoms with Crippen molar-refractivity contribution in [1.29, 1.82) is 0 Å². The molecule has 8 aromatic rings. The van der Waals surface area contributed by atoms with Crippen molar-refractivity contribution in [2.45, 2.75) is 26.2 Å². The Kier molecular flexibility index (Phi) is 6.14. The first-order valence-corrected chi connectivity index (χ1v) is 16.5. The Bertz CT molecular complexity index is 2490. The second-order valence-electron chi connectivity index (χ2n) is 13.5. The maximum absolute atomic E-state index is 2.45. The fourth-order valence-corrected chi connectivity index (χ4v) is 7.74. The molecule has 0 aliphatic heterocycles. The molecule has 0 saturated heterocycles. The number of nitrogens with zero attached hydrogens (tertiary/aromatic N) is 1. The molecule has 0 fully saturated rings. The normalized spacial score (nSPS) is 13.5. The van der Waals surface area contributed by atoms with Gasteiger partial charge in [-0.1, -0.05) is 105 Å². The Hall–Kier alpha value is -5.66. The van der Waals surface area contributed by atoms with Crippen molar-refractivity contribution in [3.63, 3.8) is 0 Å².